The van der Waals surface area contributed by atoms with E-state index in [2.05, 4.69) is 21.2 Å². The molecule has 5 nitrogen and oxygen atoms in total. The van der Waals surface area contributed by atoms with Crippen LogP contribution in [0.25, 0.3) is 16.6 Å². The highest BCUT2D eigenvalue weighted by Gasteiger charge is 2.20. The minimum absolute atomic E-state index is 0.242. The van der Waals surface area contributed by atoms with Gasteiger partial charge in [-0.3, -0.25) is 10.00 Å². The van der Waals surface area contributed by atoms with Gasteiger partial charge >= 0.3 is 0 Å². The minimum Gasteiger partial charge on any atom is -0.490 e. The van der Waals surface area contributed by atoms with Crippen LogP contribution in [-0.2, 0) is 13.1 Å². The first-order valence-electron chi connectivity index (χ1n) is 9.09. The summed E-state index contributed by atoms with van der Waals surface area (Å²) in [5, 5.41) is 8.31. The van der Waals surface area contributed by atoms with E-state index >= 15 is 0 Å². The van der Waals surface area contributed by atoms with Gasteiger partial charge in [0.2, 0.25) is 0 Å². The monoisotopic (exact) mass is 396 g/mol. The lowest BCUT2D eigenvalue weighted by Crippen LogP contribution is -2.25. The summed E-state index contributed by atoms with van der Waals surface area (Å²) in [5.74, 6) is 0.496. The van der Waals surface area contributed by atoms with Gasteiger partial charge in [0.1, 0.15) is 18.2 Å². The number of rotatable bonds is 3. The Hall–Kier alpha value is -2.83. The Morgan fingerprint density at radius 1 is 1.21 bits per heavy atom. The first-order chi connectivity index (χ1) is 13.7. The van der Waals surface area contributed by atoms with E-state index in [0.29, 0.717) is 11.6 Å². The van der Waals surface area contributed by atoms with Gasteiger partial charge in [0, 0.05) is 54.2 Å². The maximum Gasteiger partial charge on any atom is 0.142 e. The Morgan fingerprint density at radius 3 is 3.00 bits per heavy atom. The summed E-state index contributed by atoms with van der Waals surface area (Å²) < 4.78 is 21.5. The van der Waals surface area contributed by atoms with E-state index in [1.165, 1.54) is 12.1 Å². The van der Waals surface area contributed by atoms with E-state index in [1.54, 1.807) is 6.07 Å². The molecule has 0 unspecified atom stereocenters. The van der Waals surface area contributed by atoms with Crippen LogP contribution in [-0.4, -0.2) is 32.8 Å². The lowest BCUT2D eigenvalue weighted by Gasteiger charge is -2.19. The first kappa shape index (κ1) is 17.3. The predicted molar refractivity (Wildman–Crippen MR) is 106 cm³/mol. The summed E-state index contributed by atoms with van der Waals surface area (Å²) in [5.41, 5.74) is 4.03. The van der Waals surface area contributed by atoms with E-state index in [1.807, 2.05) is 35.3 Å². The molecule has 0 aliphatic carbocycles. The maximum atomic E-state index is 13.5. The number of hydrogen-bond donors (Lipinski definition) is 1. The Balaban J connectivity index is 1.53. The molecule has 0 saturated carbocycles. The molecular formula is C21H18ClFN4O. The van der Waals surface area contributed by atoms with Crippen LogP contribution in [0, 0.1) is 5.82 Å². The molecule has 28 heavy (non-hydrogen) atoms. The van der Waals surface area contributed by atoms with Crippen LogP contribution < -0.4 is 4.74 Å². The molecular weight excluding hydrogens is 379 g/mol. The third-order valence-corrected chi connectivity index (χ3v) is 5.33. The first-order valence-corrected chi connectivity index (χ1v) is 9.47. The normalized spacial score (nSPS) is 14.6. The molecule has 0 bridgehead atoms. The molecule has 0 amide bonds. The minimum atomic E-state index is -0.242. The fourth-order valence-electron chi connectivity index (χ4n) is 3.75. The van der Waals surface area contributed by atoms with E-state index in [4.69, 9.17) is 16.3 Å². The van der Waals surface area contributed by atoms with E-state index in [9.17, 15) is 4.39 Å². The predicted octanol–water partition coefficient (Wildman–Crippen LogP) is 4.54. The highest BCUT2D eigenvalue weighted by molar-refractivity contribution is 6.32. The second kappa shape index (κ2) is 6.96. The Kier molecular flexibility index (Phi) is 4.30. The van der Waals surface area contributed by atoms with Gasteiger partial charge in [0.15, 0.2) is 0 Å². The molecule has 3 heterocycles. The van der Waals surface area contributed by atoms with Crippen LogP contribution in [0.1, 0.15) is 11.1 Å². The molecule has 0 spiro atoms. The number of nitrogens with zero attached hydrogens (tertiary/aromatic N) is 3. The molecule has 1 aliphatic rings. The largest absolute Gasteiger partial charge is 0.490 e. The Bertz CT molecular complexity index is 1140. The molecule has 0 radical (unpaired) electrons. The zero-order chi connectivity index (χ0) is 19.1. The molecule has 2 aromatic carbocycles. The Morgan fingerprint density at radius 2 is 2.14 bits per heavy atom. The van der Waals surface area contributed by atoms with Crippen LogP contribution in [0.4, 0.5) is 4.39 Å². The van der Waals surface area contributed by atoms with Crippen LogP contribution in [0.2, 0.25) is 5.02 Å². The smallest absolute Gasteiger partial charge is 0.142 e. The Labute approximate surface area is 166 Å². The van der Waals surface area contributed by atoms with E-state index < -0.39 is 0 Å². The maximum absolute atomic E-state index is 13.5. The highest BCUT2D eigenvalue weighted by Crippen LogP contribution is 2.35. The number of benzene rings is 2. The molecule has 0 fully saturated rings. The zero-order valence-electron chi connectivity index (χ0n) is 15.0. The van der Waals surface area contributed by atoms with Crippen molar-refractivity contribution in [1.29, 1.82) is 0 Å². The van der Waals surface area contributed by atoms with Gasteiger partial charge in [-0.15, -0.1) is 0 Å². The summed E-state index contributed by atoms with van der Waals surface area (Å²) in [6.45, 7) is 2.89. The number of fused-ring (bicyclic) bond motifs is 2. The van der Waals surface area contributed by atoms with Gasteiger partial charge in [0.05, 0.1) is 16.7 Å². The molecule has 142 valence electrons. The number of H-pyrrole nitrogens is 1. The number of nitrogens with one attached hydrogen (secondary N) is 1. The number of hydrogen-bond acceptors (Lipinski definition) is 3. The van der Waals surface area contributed by atoms with Crippen molar-refractivity contribution in [3.8, 4) is 11.4 Å². The number of aromatic amines is 1. The summed E-state index contributed by atoms with van der Waals surface area (Å²) >= 11 is 6.57. The standard InChI is InChI=1S/C21H18ClFN4O/c22-19-9-18(27-4-3-15-7-17(23)1-2-20(15)27)8-16-13-26(5-6-28-21(16)19)12-14-10-24-25-11-14/h1-4,7-11H,5-6,12-13H2,(H,24,25). The third kappa shape index (κ3) is 3.15. The van der Waals surface area contributed by atoms with Crippen molar-refractivity contribution in [1.82, 2.24) is 19.7 Å². The summed E-state index contributed by atoms with van der Waals surface area (Å²) in [4.78, 5) is 2.31. The molecule has 5 rings (SSSR count). The molecule has 1 aliphatic heterocycles. The number of aromatic nitrogens is 3. The lowest BCUT2D eigenvalue weighted by molar-refractivity contribution is 0.219. The van der Waals surface area contributed by atoms with Gasteiger partial charge in [-0.1, -0.05) is 11.6 Å². The topological polar surface area (TPSA) is 46.1 Å². The van der Waals surface area contributed by atoms with Crippen molar-refractivity contribution in [2.75, 3.05) is 13.2 Å². The SMILES string of the molecule is Fc1ccc2c(ccn2-c2cc(Cl)c3c(c2)CN(Cc2cn[nH]c2)CCO3)c1. The van der Waals surface area contributed by atoms with Gasteiger partial charge < -0.3 is 9.30 Å². The number of ether oxygens (including phenoxy) is 1. The highest BCUT2D eigenvalue weighted by atomic mass is 35.5. The molecule has 2 aromatic heterocycles. The van der Waals surface area contributed by atoms with Crippen LogP contribution in [0.3, 0.4) is 0 Å². The summed E-state index contributed by atoms with van der Waals surface area (Å²) in [7, 11) is 0. The zero-order valence-corrected chi connectivity index (χ0v) is 15.8. The van der Waals surface area contributed by atoms with E-state index in [0.717, 1.165) is 53.1 Å². The number of halogens is 2. The molecule has 0 atom stereocenters. The second-order valence-electron chi connectivity index (χ2n) is 6.97. The van der Waals surface area contributed by atoms with Gasteiger partial charge in [-0.25, -0.2) is 4.39 Å². The summed E-state index contributed by atoms with van der Waals surface area (Å²) in [6, 6.07) is 10.7. The van der Waals surface area contributed by atoms with Gasteiger partial charge in [-0.2, -0.15) is 5.10 Å². The van der Waals surface area contributed by atoms with Crippen LogP contribution in [0.5, 0.6) is 5.75 Å². The molecule has 0 saturated heterocycles. The van der Waals surface area contributed by atoms with E-state index in [-0.39, 0.29) is 5.82 Å². The lowest BCUT2D eigenvalue weighted by atomic mass is 10.1. The molecule has 7 heteroatoms. The fourth-order valence-corrected chi connectivity index (χ4v) is 4.03. The average Bonchev–Trinajstić information content (AvgIpc) is 3.27. The quantitative estimate of drug-likeness (QED) is 0.553. The van der Waals surface area contributed by atoms with Crippen molar-refractivity contribution in [3.63, 3.8) is 0 Å². The van der Waals surface area contributed by atoms with Crippen molar-refractivity contribution < 1.29 is 9.13 Å². The molecule has 4 aromatic rings. The van der Waals surface area contributed by atoms with Crippen LogP contribution in [0.15, 0.2) is 55.0 Å². The third-order valence-electron chi connectivity index (χ3n) is 5.04. The fraction of sp³-hybridized carbons (Fsp3) is 0.190. The molecule has 1 N–H and O–H groups in total. The van der Waals surface area contributed by atoms with Gasteiger partial charge in [0.25, 0.3) is 0 Å². The summed E-state index contributed by atoms with van der Waals surface area (Å²) in [6.07, 6.45) is 5.67. The van der Waals surface area contributed by atoms with Crippen LogP contribution >= 0.6 is 11.6 Å². The van der Waals surface area contributed by atoms with Gasteiger partial charge in [-0.05, 0) is 36.4 Å². The average molecular weight is 397 g/mol. The van der Waals surface area contributed by atoms with Crippen molar-refractivity contribution >= 4 is 22.5 Å². The van der Waals surface area contributed by atoms with Crippen molar-refractivity contribution in [2.24, 2.45) is 0 Å². The second-order valence-corrected chi connectivity index (χ2v) is 7.38. The van der Waals surface area contributed by atoms with Crippen molar-refractivity contribution in [3.05, 3.63) is 77.0 Å². The van der Waals surface area contributed by atoms with Crippen molar-refractivity contribution in [2.45, 2.75) is 13.1 Å².